The molecular formula is C18H11Cl2FN2O3S. The van der Waals surface area contributed by atoms with Crippen LogP contribution in [0.5, 0.6) is 0 Å². The van der Waals surface area contributed by atoms with Gasteiger partial charge in [0.15, 0.2) is 11.7 Å². The smallest absolute Gasteiger partial charge is 0.340 e. The van der Waals surface area contributed by atoms with Gasteiger partial charge in [0.1, 0.15) is 5.82 Å². The fourth-order valence-electron chi connectivity index (χ4n) is 2.10. The molecule has 0 saturated carbocycles. The first-order valence-corrected chi connectivity index (χ1v) is 9.19. The molecule has 0 unspecified atom stereocenters. The molecule has 0 bridgehead atoms. The third kappa shape index (κ3) is 5.03. The van der Waals surface area contributed by atoms with E-state index >= 15 is 0 Å². The first kappa shape index (κ1) is 19.3. The SMILES string of the molecule is O=C(COC(=O)c1ccc(Cl)cc1Cl)Nc1nc(-c2ccc(F)cc2)cs1. The van der Waals surface area contributed by atoms with Crippen molar-refractivity contribution in [2.75, 3.05) is 11.9 Å². The van der Waals surface area contributed by atoms with E-state index in [1.807, 2.05) is 0 Å². The molecular weight excluding hydrogens is 414 g/mol. The molecule has 1 amide bonds. The zero-order valence-corrected chi connectivity index (χ0v) is 15.9. The van der Waals surface area contributed by atoms with Crippen molar-refractivity contribution in [1.29, 1.82) is 0 Å². The van der Waals surface area contributed by atoms with Crippen molar-refractivity contribution in [1.82, 2.24) is 4.98 Å². The molecule has 0 fully saturated rings. The van der Waals surface area contributed by atoms with Crippen LogP contribution in [-0.2, 0) is 9.53 Å². The van der Waals surface area contributed by atoms with Gasteiger partial charge in [-0.3, -0.25) is 10.1 Å². The molecule has 27 heavy (non-hydrogen) atoms. The molecule has 0 aliphatic heterocycles. The molecule has 2 aromatic carbocycles. The van der Waals surface area contributed by atoms with Crippen LogP contribution in [0.15, 0.2) is 47.8 Å². The summed E-state index contributed by atoms with van der Waals surface area (Å²) >= 11 is 12.9. The van der Waals surface area contributed by atoms with Crippen LogP contribution in [0.25, 0.3) is 11.3 Å². The van der Waals surface area contributed by atoms with E-state index in [4.69, 9.17) is 27.9 Å². The van der Waals surface area contributed by atoms with Crippen molar-refractivity contribution in [3.8, 4) is 11.3 Å². The Morgan fingerprint density at radius 3 is 2.59 bits per heavy atom. The first-order valence-electron chi connectivity index (χ1n) is 7.56. The van der Waals surface area contributed by atoms with E-state index in [2.05, 4.69) is 10.3 Å². The van der Waals surface area contributed by atoms with E-state index in [1.54, 1.807) is 17.5 Å². The second-order valence-corrected chi connectivity index (χ2v) is 7.00. The maximum absolute atomic E-state index is 13.0. The average molecular weight is 425 g/mol. The normalized spacial score (nSPS) is 10.5. The molecule has 138 valence electrons. The number of halogens is 3. The number of nitrogens with one attached hydrogen (secondary N) is 1. The van der Waals surface area contributed by atoms with Gasteiger partial charge in [-0.1, -0.05) is 23.2 Å². The highest BCUT2D eigenvalue weighted by atomic mass is 35.5. The number of esters is 1. The summed E-state index contributed by atoms with van der Waals surface area (Å²) in [5, 5.41) is 5.12. The number of hydrogen-bond acceptors (Lipinski definition) is 5. The first-order chi connectivity index (χ1) is 12.9. The highest BCUT2D eigenvalue weighted by Crippen LogP contribution is 2.25. The number of hydrogen-bond donors (Lipinski definition) is 1. The Balaban J connectivity index is 1.56. The van der Waals surface area contributed by atoms with Gasteiger partial charge >= 0.3 is 5.97 Å². The summed E-state index contributed by atoms with van der Waals surface area (Å²) in [6.45, 7) is -0.497. The number of rotatable bonds is 5. The number of ether oxygens (including phenoxy) is 1. The molecule has 0 saturated heterocycles. The minimum Gasteiger partial charge on any atom is -0.452 e. The third-order valence-corrected chi connectivity index (χ3v) is 4.68. The van der Waals surface area contributed by atoms with Crippen molar-refractivity contribution in [2.24, 2.45) is 0 Å². The molecule has 0 aliphatic carbocycles. The molecule has 1 aromatic heterocycles. The van der Waals surface area contributed by atoms with Crippen LogP contribution >= 0.6 is 34.5 Å². The number of thiazole rings is 1. The van der Waals surface area contributed by atoms with Gasteiger partial charge in [0.05, 0.1) is 16.3 Å². The molecule has 5 nitrogen and oxygen atoms in total. The molecule has 1 heterocycles. The monoisotopic (exact) mass is 424 g/mol. The summed E-state index contributed by atoms with van der Waals surface area (Å²) in [5.41, 5.74) is 1.43. The Bertz CT molecular complexity index is 993. The van der Waals surface area contributed by atoms with Crippen LogP contribution in [0.3, 0.4) is 0 Å². The highest BCUT2D eigenvalue weighted by molar-refractivity contribution is 7.14. The van der Waals surface area contributed by atoms with E-state index in [1.165, 1.54) is 41.7 Å². The Hall–Kier alpha value is -2.48. The number of aromatic nitrogens is 1. The number of carbonyl (C=O) groups is 2. The summed E-state index contributed by atoms with van der Waals surface area (Å²) in [4.78, 5) is 28.2. The van der Waals surface area contributed by atoms with Crippen molar-refractivity contribution in [3.05, 3.63) is 69.3 Å². The Labute approximate surface area is 167 Å². The van der Waals surface area contributed by atoms with Gasteiger partial charge in [-0.2, -0.15) is 0 Å². The predicted octanol–water partition coefficient (Wildman–Crippen LogP) is 5.05. The number of carbonyl (C=O) groups excluding carboxylic acids is 2. The average Bonchev–Trinajstić information content (AvgIpc) is 3.08. The van der Waals surface area contributed by atoms with E-state index in [0.717, 1.165) is 5.56 Å². The van der Waals surface area contributed by atoms with Crippen molar-refractivity contribution in [3.63, 3.8) is 0 Å². The van der Waals surface area contributed by atoms with Crippen molar-refractivity contribution in [2.45, 2.75) is 0 Å². The maximum atomic E-state index is 13.0. The van der Waals surface area contributed by atoms with E-state index in [-0.39, 0.29) is 16.4 Å². The largest absolute Gasteiger partial charge is 0.452 e. The second-order valence-electron chi connectivity index (χ2n) is 5.29. The summed E-state index contributed by atoms with van der Waals surface area (Å²) in [6, 6.07) is 10.2. The molecule has 0 aliphatic rings. The predicted molar refractivity (Wildman–Crippen MR) is 103 cm³/mol. The van der Waals surface area contributed by atoms with E-state index in [9.17, 15) is 14.0 Å². The van der Waals surface area contributed by atoms with Gasteiger partial charge in [-0.05, 0) is 42.5 Å². The van der Waals surface area contributed by atoms with Crippen molar-refractivity contribution < 1.29 is 18.7 Å². The standard InChI is InChI=1S/C18H11Cl2FN2O3S/c19-11-3-6-13(14(20)7-11)17(25)26-8-16(24)23-18-22-15(9-27-18)10-1-4-12(21)5-2-10/h1-7,9H,8H2,(H,22,23,24). The van der Waals surface area contributed by atoms with Crippen LogP contribution in [0.4, 0.5) is 9.52 Å². The van der Waals surface area contributed by atoms with Crippen LogP contribution < -0.4 is 5.32 Å². The van der Waals surface area contributed by atoms with Gasteiger partial charge in [0.25, 0.3) is 5.91 Å². The Kier molecular flexibility index (Phi) is 6.05. The quantitative estimate of drug-likeness (QED) is 0.581. The van der Waals surface area contributed by atoms with Gasteiger partial charge in [-0.25, -0.2) is 14.2 Å². The third-order valence-electron chi connectivity index (χ3n) is 3.38. The summed E-state index contributed by atoms with van der Waals surface area (Å²) in [7, 11) is 0. The van der Waals surface area contributed by atoms with Crippen LogP contribution in [-0.4, -0.2) is 23.5 Å². The fraction of sp³-hybridized carbons (Fsp3) is 0.0556. The molecule has 9 heteroatoms. The lowest BCUT2D eigenvalue weighted by Gasteiger charge is -2.06. The topological polar surface area (TPSA) is 68.3 Å². The zero-order chi connectivity index (χ0) is 19.4. The number of amides is 1. The molecule has 0 radical (unpaired) electrons. The number of nitrogens with zero attached hydrogens (tertiary/aromatic N) is 1. The summed E-state index contributed by atoms with van der Waals surface area (Å²) in [6.07, 6.45) is 0. The summed E-state index contributed by atoms with van der Waals surface area (Å²) in [5.74, 6) is -1.63. The lowest BCUT2D eigenvalue weighted by Crippen LogP contribution is -2.21. The second kappa shape index (κ2) is 8.47. The maximum Gasteiger partial charge on any atom is 0.340 e. The van der Waals surface area contributed by atoms with E-state index < -0.39 is 18.5 Å². The van der Waals surface area contributed by atoms with Gasteiger partial charge in [0.2, 0.25) is 0 Å². The van der Waals surface area contributed by atoms with Crippen LogP contribution in [0.2, 0.25) is 10.0 Å². The van der Waals surface area contributed by atoms with E-state index in [0.29, 0.717) is 15.8 Å². The Morgan fingerprint density at radius 1 is 1.15 bits per heavy atom. The Morgan fingerprint density at radius 2 is 1.89 bits per heavy atom. The lowest BCUT2D eigenvalue weighted by atomic mass is 10.2. The zero-order valence-electron chi connectivity index (χ0n) is 13.5. The molecule has 3 aromatic rings. The highest BCUT2D eigenvalue weighted by Gasteiger charge is 2.15. The van der Waals surface area contributed by atoms with Crippen molar-refractivity contribution >= 4 is 51.5 Å². The summed E-state index contributed by atoms with van der Waals surface area (Å²) < 4.78 is 17.9. The van der Waals surface area contributed by atoms with Crippen LogP contribution in [0, 0.1) is 5.82 Å². The van der Waals surface area contributed by atoms with Gasteiger partial charge < -0.3 is 4.74 Å². The fourth-order valence-corrected chi connectivity index (χ4v) is 3.33. The number of anilines is 1. The molecule has 1 N–H and O–H groups in total. The molecule has 3 rings (SSSR count). The van der Waals surface area contributed by atoms with Crippen LogP contribution in [0.1, 0.15) is 10.4 Å². The number of benzene rings is 2. The molecule has 0 atom stereocenters. The van der Waals surface area contributed by atoms with Gasteiger partial charge in [-0.15, -0.1) is 11.3 Å². The minimum atomic E-state index is -0.738. The minimum absolute atomic E-state index is 0.113. The lowest BCUT2D eigenvalue weighted by molar-refractivity contribution is -0.119. The van der Waals surface area contributed by atoms with Gasteiger partial charge in [0, 0.05) is 16.0 Å². The molecule has 0 spiro atoms.